The molecule has 1 N–H and O–H groups in total. The molecular formula is C47H31N3O. The first-order valence-corrected chi connectivity index (χ1v) is 17.3. The molecule has 9 aromatic rings. The third-order valence-electron chi connectivity index (χ3n) is 9.93. The predicted octanol–water partition coefficient (Wildman–Crippen LogP) is 11.7. The van der Waals surface area contributed by atoms with Crippen LogP contribution in [0.3, 0.4) is 0 Å². The molecule has 10 rings (SSSR count). The smallest absolute Gasteiger partial charge is 0.159 e. The number of furan rings is 1. The van der Waals surface area contributed by atoms with Gasteiger partial charge in [-0.1, -0.05) is 152 Å². The molecule has 240 valence electrons. The standard InChI is InChI=1S/C47H31N3O/c1-2-11-33(12-3-1)45-48-46(34-24-22-32(23-25-34)39-16-8-13-31-10-4-5-14-38(31)39)50-47(49-45)36-27-21-30-20-26-35(28-37(30)29-36)40-17-9-19-43-44(40)41-15-6-7-18-42(41)51-43/h1-29,45H,(H,48,49,50). The maximum Gasteiger partial charge on any atom is 0.159 e. The number of amidine groups is 2. The van der Waals surface area contributed by atoms with E-state index in [1.165, 1.54) is 21.9 Å². The first-order chi connectivity index (χ1) is 25.2. The molecule has 0 saturated carbocycles. The minimum absolute atomic E-state index is 0.277. The highest BCUT2D eigenvalue weighted by atomic mass is 16.3. The largest absolute Gasteiger partial charge is 0.456 e. The van der Waals surface area contributed by atoms with Gasteiger partial charge in [0.25, 0.3) is 0 Å². The highest BCUT2D eigenvalue weighted by Gasteiger charge is 2.21. The molecule has 1 atom stereocenters. The van der Waals surface area contributed by atoms with Gasteiger partial charge in [-0.2, -0.15) is 0 Å². The summed E-state index contributed by atoms with van der Waals surface area (Å²) in [7, 11) is 0. The van der Waals surface area contributed by atoms with Crippen molar-refractivity contribution in [1.82, 2.24) is 5.32 Å². The number of hydrogen-bond donors (Lipinski definition) is 1. The zero-order chi connectivity index (χ0) is 33.7. The number of benzene rings is 8. The molecule has 0 saturated heterocycles. The Morgan fingerprint density at radius 3 is 1.98 bits per heavy atom. The molecule has 51 heavy (non-hydrogen) atoms. The second-order valence-corrected chi connectivity index (χ2v) is 13.0. The van der Waals surface area contributed by atoms with Crippen molar-refractivity contribution in [2.75, 3.05) is 0 Å². The number of para-hydroxylation sites is 1. The van der Waals surface area contributed by atoms with E-state index in [-0.39, 0.29) is 6.17 Å². The summed E-state index contributed by atoms with van der Waals surface area (Å²) < 4.78 is 6.20. The fourth-order valence-electron chi connectivity index (χ4n) is 7.38. The summed E-state index contributed by atoms with van der Waals surface area (Å²) in [5.41, 5.74) is 9.54. The molecule has 8 aromatic carbocycles. The van der Waals surface area contributed by atoms with E-state index in [1.54, 1.807) is 0 Å². The molecule has 0 fully saturated rings. The lowest BCUT2D eigenvalue weighted by Crippen LogP contribution is -2.33. The Morgan fingerprint density at radius 1 is 0.451 bits per heavy atom. The molecular weight excluding hydrogens is 623 g/mol. The van der Waals surface area contributed by atoms with Crippen molar-refractivity contribution >= 4 is 55.2 Å². The van der Waals surface area contributed by atoms with Gasteiger partial charge in [0, 0.05) is 21.9 Å². The molecule has 1 unspecified atom stereocenters. The molecule has 0 spiro atoms. The van der Waals surface area contributed by atoms with E-state index in [2.05, 4.69) is 157 Å². The summed E-state index contributed by atoms with van der Waals surface area (Å²) in [6.45, 7) is 0. The van der Waals surface area contributed by atoms with Crippen LogP contribution in [-0.2, 0) is 0 Å². The van der Waals surface area contributed by atoms with Crippen molar-refractivity contribution < 1.29 is 4.42 Å². The van der Waals surface area contributed by atoms with Crippen LogP contribution < -0.4 is 5.32 Å². The summed E-state index contributed by atoms with van der Waals surface area (Å²) in [6, 6.07) is 61.7. The van der Waals surface area contributed by atoms with E-state index in [1.807, 2.05) is 24.3 Å². The van der Waals surface area contributed by atoms with Gasteiger partial charge in [-0.05, 0) is 73.6 Å². The summed E-state index contributed by atoms with van der Waals surface area (Å²) in [6.07, 6.45) is -0.277. The average Bonchev–Trinajstić information content (AvgIpc) is 3.59. The number of fused-ring (bicyclic) bond motifs is 5. The fourth-order valence-corrected chi connectivity index (χ4v) is 7.38. The van der Waals surface area contributed by atoms with E-state index in [0.717, 1.165) is 66.4 Å². The van der Waals surface area contributed by atoms with Crippen molar-refractivity contribution in [3.63, 3.8) is 0 Å². The molecule has 1 aromatic heterocycles. The van der Waals surface area contributed by atoms with Crippen molar-refractivity contribution in [3.05, 3.63) is 193 Å². The van der Waals surface area contributed by atoms with Crippen LogP contribution in [0.4, 0.5) is 0 Å². The minimum atomic E-state index is -0.277. The Labute approximate surface area is 295 Å². The second-order valence-electron chi connectivity index (χ2n) is 13.0. The summed E-state index contributed by atoms with van der Waals surface area (Å²) in [5.74, 6) is 1.50. The Bertz CT molecular complexity index is 2820. The normalized spacial score (nSPS) is 14.5. The third-order valence-corrected chi connectivity index (χ3v) is 9.93. The van der Waals surface area contributed by atoms with Crippen LogP contribution in [0.15, 0.2) is 190 Å². The van der Waals surface area contributed by atoms with Crippen molar-refractivity contribution in [2.45, 2.75) is 6.17 Å². The van der Waals surface area contributed by atoms with Crippen molar-refractivity contribution in [3.8, 4) is 22.3 Å². The molecule has 0 bridgehead atoms. The molecule has 4 heteroatoms. The minimum Gasteiger partial charge on any atom is -0.456 e. The Kier molecular flexibility index (Phi) is 6.85. The van der Waals surface area contributed by atoms with Gasteiger partial charge in [0.15, 0.2) is 5.84 Å². The Balaban J connectivity index is 1.05. The zero-order valence-corrected chi connectivity index (χ0v) is 27.6. The SMILES string of the molecule is c1ccc(C2N=C(c3ccc4ccc(-c5cccc6oc7ccccc7c56)cc4c3)N=C(c3ccc(-c4cccc5ccccc45)cc3)N2)cc1. The van der Waals surface area contributed by atoms with Crippen LogP contribution in [-0.4, -0.2) is 11.7 Å². The van der Waals surface area contributed by atoms with Crippen molar-refractivity contribution in [1.29, 1.82) is 0 Å². The van der Waals surface area contributed by atoms with Crippen LogP contribution in [0.1, 0.15) is 22.9 Å². The van der Waals surface area contributed by atoms with Crippen LogP contribution in [0.25, 0.3) is 65.7 Å². The summed E-state index contributed by atoms with van der Waals surface area (Å²) in [5, 5.41) is 10.7. The summed E-state index contributed by atoms with van der Waals surface area (Å²) in [4.78, 5) is 10.3. The fraction of sp³-hybridized carbons (Fsp3) is 0.0213. The van der Waals surface area contributed by atoms with Gasteiger partial charge in [0.05, 0.1) is 0 Å². The van der Waals surface area contributed by atoms with Crippen LogP contribution in [0, 0.1) is 0 Å². The average molecular weight is 654 g/mol. The first-order valence-electron chi connectivity index (χ1n) is 17.3. The quantitative estimate of drug-likeness (QED) is 0.201. The molecule has 0 aliphatic carbocycles. The number of nitrogens with zero attached hydrogens (tertiary/aromatic N) is 2. The lowest BCUT2D eigenvalue weighted by molar-refractivity contribution is 0.669. The van der Waals surface area contributed by atoms with Gasteiger partial charge in [-0.25, -0.2) is 9.98 Å². The number of nitrogens with one attached hydrogen (secondary N) is 1. The number of rotatable bonds is 5. The lowest BCUT2D eigenvalue weighted by atomic mass is 9.96. The zero-order valence-electron chi connectivity index (χ0n) is 27.6. The Hall–Kier alpha value is -6.78. The van der Waals surface area contributed by atoms with Gasteiger partial charge >= 0.3 is 0 Å². The van der Waals surface area contributed by atoms with Crippen LogP contribution >= 0.6 is 0 Å². The molecule has 0 radical (unpaired) electrons. The highest BCUT2D eigenvalue weighted by Crippen LogP contribution is 2.38. The summed E-state index contributed by atoms with van der Waals surface area (Å²) >= 11 is 0. The van der Waals surface area contributed by atoms with Gasteiger partial charge in [-0.3, -0.25) is 0 Å². The molecule has 0 amide bonds. The van der Waals surface area contributed by atoms with E-state index in [0.29, 0.717) is 5.84 Å². The number of hydrogen-bond acceptors (Lipinski definition) is 4. The monoisotopic (exact) mass is 653 g/mol. The first kappa shape index (κ1) is 29.2. The van der Waals surface area contributed by atoms with E-state index in [4.69, 9.17) is 14.4 Å². The van der Waals surface area contributed by atoms with Gasteiger partial charge in [0.1, 0.15) is 23.2 Å². The van der Waals surface area contributed by atoms with E-state index in [9.17, 15) is 0 Å². The predicted molar refractivity (Wildman–Crippen MR) is 211 cm³/mol. The Morgan fingerprint density at radius 2 is 1.10 bits per heavy atom. The lowest BCUT2D eigenvalue weighted by Gasteiger charge is -2.24. The van der Waals surface area contributed by atoms with Crippen LogP contribution in [0.5, 0.6) is 0 Å². The second kappa shape index (κ2) is 12.0. The van der Waals surface area contributed by atoms with Crippen molar-refractivity contribution in [2.24, 2.45) is 9.98 Å². The molecule has 2 heterocycles. The highest BCUT2D eigenvalue weighted by molar-refractivity contribution is 6.15. The molecule has 1 aliphatic rings. The van der Waals surface area contributed by atoms with Gasteiger partial charge in [0.2, 0.25) is 0 Å². The van der Waals surface area contributed by atoms with E-state index < -0.39 is 0 Å². The topological polar surface area (TPSA) is 49.9 Å². The maximum atomic E-state index is 6.20. The molecule has 4 nitrogen and oxygen atoms in total. The van der Waals surface area contributed by atoms with Crippen LogP contribution in [0.2, 0.25) is 0 Å². The number of aliphatic imine (C=N–C) groups is 2. The van der Waals surface area contributed by atoms with Gasteiger partial charge < -0.3 is 9.73 Å². The third kappa shape index (κ3) is 5.17. The van der Waals surface area contributed by atoms with Gasteiger partial charge in [-0.15, -0.1) is 0 Å². The molecule has 1 aliphatic heterocycles. The van der Waals surface area contributed by atoms with E-state index >= 15 is 0 Å². The maximum absolute atomic E-state index is 6.20.